The Labute approximate surface area is 70.2 Å². The molecule has 2 heterocycles. The van der Waals surface area contributed by atoms with Crippen molar-refractivity contribution in [2.24, 2.45) is 0 Å². The van der Waals surface area contributed by atoms with Gasteiger partial charge in [0.2, 0.25) is 0 Å². The maximum atomic E-state index is 11.5. The first-order valence-corrected chi connectivity index (χ1v) is 4.07. The zero-order valence-electron chi connectivity index (χ0n) is 6.69. The highest BCUT2D eigenvalue weighted by atomic mass is 16.4. The van der Waals surface area contributed by atoms with Crippen LogP contribution in [0.1, 0.15) is 23.5 Å². The Morgan fingerprint density at radius 2 is 2.25 bits per heavy atom. The molecular formula is C8H10N2O2. The maximum Gasteiger partial charge on any atom is 0.309 e. The van der Waals surface area contributed by atoms with Crippen LogP contribution in [0.3, 0.4) is 0 Å². The van der Waals surface area contributed by atoms with Crippen LogP contribution in [0.5, 0.6) is 0 Å². The lowest BCUT2D eigenvalue weighted by atomic mass is 10.4. The van der Waals surface area contributed by atoms with Gasteiger partial charge in [-0.05, 0) is 12.8 Å². The number of rotatable bonds is 1. The smallest absolute Gasteiger partial charge is 0.309 e. The van der Waals surface area contributed by atoms with E-state index in [1.54, 1.807) is 4.90 Å². The van der Waals surface area contributed by atoms with Crippen LogP contribution in [0.4, 0.5) is 0 Å². The monoisotopic (exact) mass is 166 g/mol. The first-order valence-electron chi connectivity index (χ1n) is 4.07. The minimum Gasteiger partial charge on any atom is -0.441 e. The Bertz CT molecular complexity index is 263. The van der Waals surface area contributed by atoms with Crippen molar-refractivity contribution in [3.8, 4) is 0 Å². The van der Waals surface area contributed by atoms with Crippen LogP contribution in [0.25, 0.3) is 0 Å². The van der Waals surface area contributed by atoms with E-state index < -0.39 is 0 Å². The summed E-state index contributed by atoms with van der Waals surface area (Å²) in [5.41, 5.74) is 0. The van der Waals surface area contributed by atoms with Crippen LogP contribution in [0, 0.1) is 0 Å². The number of likely N-dealkylation sites (tertiary alicyclic amines) is 1. The molecule has 12 heavy (non-hydrogen) atoms. The number of nitrogens with zero attached hydrogens (tertiary/aromatic N) is 2. The molecule has 0 atom stereocenters. The molecular weight excluding hydrogens is 156 g/mol. The summed E-state index contributed by atoms with van der Waals surface area (Å²) in [6.07, 6.45) is 5.09. The number of hydrogen-bond donors (Lipinski definition) is 0. The fourth-order valence-electron chi connectivity index (χ4n) is 1.38. The fourth-order valence-corrected chi connectivity index (χ4v) is 1.38. The molecule has 0 spiro atoms. The third-order valence-electron chi connectivity index (χ3n) is 2.01. The van der Waals surface area contributed by atoms with Gasteiger partial charge in [0.05, 0.1) is 6.20 Å². The SMILES string of the molecule is O=C(c1ncco1)N1CCCC1. The van der Waals surface area contributed by atoms with Gasteiger partial charge in [-0.3, -0.25) is 4.79 Å². The standard InChI is InChI=1S/C8H10N2O2/c11-8(7-9-3-6-12-7)10-4-1-2-5-10/h3,6H,1-2,4-5H2. The lowest BCUT2D eigenvalue weighted by Gasteiger charge is -2.11. The lowest BCUT2D eigenvalue weighted by molar-refractivity contribution is 0.0753. The lowest BCUT2D eigenvalue weighted by Crippen LogP contribution is -2.27. The van der Waals surface area contributed by atoms with E-state index in [0.29, 0.717) is 0 Å². The van der Waals surface area contributed by atoms with E-state index in [0.717, 1.165) is 25.9 Å². The Morgan fingerprint density at radius 1 is 1.50 bits per heavy atom. The second-order valence-corrected chi connectivity index (χ2v) is 2.84. The van der Waals surface area contributed by atoms with Crippen molar-refractivity contribution in [3.05, 3.63) is 18.4 Å². The van der Waals surface area contributed by atoms with E-state index in [1.165, 1.54) is 12.5 Å². The van der Waals surface area contributed by atoms with E-state index in [2.05, 4.69) is 4.98 Å². The summed E-state index contributed by atoms with van der Waals surface area (Å²) < 4.78 is 4.91. The predicted molar refractivity (Wildman–Crippen MR) is 41.6 cm³/mol. The maximum absolute atomic E-state index is 11.5. The van der Waals surface area contributed by atoms with Gasteiger partial charge in [-0.25, -0.2) is 4.98 Å². The average molecular weight is 166 g/mol. The third kappa shape index (κ3) is 1.20. The predicted octanol–water partition coefficient (Wildman–Crippen LogP) is 0.911. The fraction of sp³-hybridized carbons (Fsp3) is 0.500. The summed E-state index contributed by atoms with van der Waals surface area (Å²) in [6, 6.07) is 0. The van der Waals surface area contributed by atoms with E-state index >= 15 is 0 Å². The first-order chi connectivity index (χ1) is 5.88. The molecule has 0 saturated carbocycles. The van der Waals surface area contributed by atoms with Crippen LogP contribution < -0.4 is 0 Å². The Kier molecular flexibility index (Phi) is 1.81. The van der Waals surface area contributed by atoms with Crippen molar-refractivity contribution in [1.82, 2.24) is 9.88 Å². The quantitative estimate of drug-likeness (QED) is 0.623. The van der Waals surface area contributed by atoms with Crippen molar-refractivity contribution in [2.75, 3.05) is 13.1 Å². The molecule has 4 nitrogen and oxygen atoms in total. The zero-order chi connectivity index (χ0) is 8.39. The average Bonchev–Trinajstić information content (AvgIpc) is 2.77. The van der Waals surface area contributed by atoms with Gasteiger partial charge in [-0.2, -0.15) is 0 Å². The van der Waals surface area contributed by atoms with Gasteiger partial charge in [0, 0.05) is 13.1 Å². The van der Waals surface area contributed by atoms with Crippen molar-refractivity contribution in [2.45, 2.75) is 12.8 Å². The van der Waals surface area contributed by atoms with Gasteiger partial charge in [0.15, 0.2) is 0 Å². The van der Waals surface area contributed by atoms with E-state index in [4.69, 9.17) is 4.42 Å². The molecule has 64 valence electrons. The summed E-state index contributed by atoms with van der Waals surface area (Å²) in [4.78, 5) is 17.1. The summed E-state index contributed by atoms with van der Waals surface area (Å²) >= 11 is 0. The molecule has 1 aromatic rings. The normalized spacial score (nSPS) is 16.8. The second-order valence-electron chi connectivity index (χ2n) is 2.84. The second kappa shape index (κ2) is 2.97. The van der Waals surface area contributed by atoms with E-state index in [-0.39, 0.29) is 11.8 Å². The molecule has 1 amide bonds. The molecule has 0 aliphatic carbocycles. The first kappa shape index (κ1) is 7.34. The number of carbonyl (C=O) groups is 1. The molecule has 0 unspecified atom stereocenters. The molecule has 1 fully saturated rings. The van der Waals surface area contributed by atoms with Crippen LogP contribution in [0.15, 0.2) is 16.9 Å². The number of hydrogen-bond acceptors (Lipinski definition) is 3. The summed E-state index contributed by atoms with van der Waals surface area (Å²) in [5.74, 6) is 0.120. The van der Waals surface area contributed by atoms with Crippen molar-refractivity contribution in [1.29, 1.82) is 0 Å². The molecule has 0 radical (unpaired) electrons. The number of carbonyl (C=O) groups excluding carboxylic acids is 1. The van der Waals surface area contributed by atoms with Crippen LogP contribution in [-0.2, 0) is 0 Å². The molecule has 1 aliphatic rings. The van der Waals surface area contributed by atoms with E-state index in [1.807, 2.05) is 0 Å². The van der Waals surface area contributed by atoms with Gasteiger partial charge in [0.25, 0.3) is 5.89 Å². The van der Waals surface area contributed by atoms with Crippen LogP contribution >= 0.6 is 0 Å². The molecule has 0 aromatic carbocycles. The van der Waals surface area contributed by atoms with Crippen molar-refractivity contribution < 1.29 is 9.21 Å². The van der Waals surface area contributed by atoms with Gasteiger partial charge in [0.1, 0.15) is 6.26 Å². The Balaban J connectivity index is 2.09. The summed E-state index contributed by atoms with van der Waals surface area (Å²) in [7, 11) is 0. The van der Waals surface area contributed by atoms with Crippen molar-refractivity contribution >= 4 is 5.91 Å². The van der Waals surface area contributed by atoms with Gasteiger partial charge < -0.3 is 9.32 Å². The highest BCUT2D eigenvalue weighted by molar-refractivity contribution is 5.89. The summed E-state index contributed by atoms with van der Waals surface area (Å²) in [6.45, 7) is 1.67. The summed E-state index contributed by atoms with van der Waals surface area (Å²) in [5, 5.41) is 0. The number of oxazole rings is 1. The largest absolute Gasteiger partial charge is 0.441 e. The van der Waals surface area contributed by atoms with Crippen molar-refractivity contribution in [3.63, 3.8) is 0 Å². The highest BCUT2D eigenvalue weighted by Gasteiger charge is 2.22. The molecule has 1 aromatic heterocycles. The Hall–Kier alpha value is -1.32. The zero-order valence-corrected chi connectivity index (χ0v) is 6.69. The molecule has 4 heteroatoms. The van der Waals surface area contributed by atoms with Crippen LogP contribution in [-0.4, -0.2) is 28.9 Å². The van der Waals surface area contributed by atoms with Gasteiger partial charge >= 0.3 is 5.91 Å². The van der Waals surface area contributed by atoms with E-state index in [9.17, 15) is 4.79 Å². The molecule has 1 saturated heterocycles. The number of amides is 1. The minimum absolute atomic E-state index is 0.0856. The molecule has 0 bridgehead atoms. The Morgan fingerprint density at radius 3 is 2.83 bits per heavy atom. The van der Waals surface area contributed by atoms with Gasteiger partial charge in [-0.15, -0.1) is 0 Å². The molecule has 1 aliphatic heterocycles. The minimum atomic E-state index is -0.0856. The number of aromatic nitrogens is 1. The highest BCUT2D eigenvalue weighted by Crippen LogP contribution is 2.10. The van der Waals surface area contributed by atoms with Gasteiger partial charge in [-0.1, -0.05) is 0 Å². The molecule has 2 rings (SSSR count). The topological polar surface area (TPSA) is 46.3 Å². The third-order valence-corrected chi connectivity index (χ3v) is 2.01. The molecule has 0 N–H and O–H groups in total. The van der Waals surface area contributed by atoms with Crippen LogP contribution in [0.2, 0.25) is 0 Å².